The zero-order valence-electron chi connectivity index (χ0n) is 7.12. The molecule has 0 amide bonds. The summed E-state index contributed by atoms with van der Waals surface area (Å²) in [6, 6.07) is 7.55. The first-order valence-corrected chi connectivity index (χ1v) is 3.90. The van der Waals surface area contributed by atoms with Gasteiger partial charge in [0, 0.05) is 12.7 Å². The Bertz CT molecular complexity index is 256. The van der Waals surface area contributed by atoms with Crippen LogP contribution in [0.4, 0.5) is 0 Å². The molecule has 1 aromatic carbocycles. The number of carbonyl (C=O) groups excluding carboxylic acids is 1. The molecule has 0 radical (unpaired) electrons. The van der Waals surface area contributed by atoms with Crippen molar-refractivity contribution in [1.82, 2.24) is 0 Å². The van der Waals surface area contributed by atoms with Crippen LogP contribution in [-0.2, 0) is 11.2 Å². The fraction of sp³-hybridized carbons (Fsp3) is 0.300. The van der Waals surface area contributed by atoms with Gasteiger partial charge in [0.25, 0.3) is 0 Å². The van der Waals surface area contributed by atoms with E-state index in [9.17, 15) is 4.79 Å². The lowest BCUT2D eigenvalue weighted by atomic mass is 10.1. The molecule has 1 rings (SSSR count). The van der Waals surface area contributed by atoms with Crippen LogP contribution in [0.3, 0.4) is 0 Å². The summed E-state index contributed by atoms with van der Waals surface area (Å²) >= 11 is 0. The lowest BCUT2D eigenvalue weighted by molar-refractivity contribution is 0.112. The van der Waals surface area contributed by atoms with E-state index in [4.69, 9.17) is 4.74 Å². The van der Waals surface area contributed by atoms with Gasteiger partial charge < -0.3 is 4.74 Å². The van der Waals surface area contributed by atoms with E-state index in [2.05, 4.69) is 0 Å². The van der Waals surface area contributed by atoms with Crippen molar-refractivity contribution in [3.05, 3.63) is 35.4 Å². The van der Waals surface area contributed by atoms with Crippen LogP contribution in [0.1, 0.15) is 15.9 Å². The van der Waals surface area contributed by atoms with E-state index in [0.29, 0.717) is 6.61 Å². The van der Waals surface area contributed by atoms with Gasteiger partial charge in [-0.15, -0.1) is 0 Å². The Morgan fingerprint density at radius 3 is 2.83 bits per heavy atom. The van der Waals surface area contributed by atoms with Crippen LogP contribution < -0.4 is 0 Å². The monoisotopic (exact) mass is 164 g/mol. The average molecular weight is 164 g/mol. The minimum atomic E-state index is 0.658. The third kappa shape index (κ3) is 2.17. The van der Waals surface area contributed by atoms with Gasteiger partial charge in [0.1, 0.15) is 6.29 Å². The first-order valence-electron chi connectivity index (χ1n) is 3.90. The number of benzene rings is 1. The lowest BCUT2D eigenvalue weighted by Crippen LogP contribution is -1.98. The predicted octanol–water partition coefficient (Wildman–Crippen LogP) is 1.69. The molecule has 0 atom stereocenters. The summed E-state index contributed by atoms with van der Waals surface area (Å²) in [5.74, 6) is 0. The maximum atomic E-state index is 10.5. The molecular weight excluding hydrogens is 152 g/mol. The Kier molecular flexibility index (Phi) is 3.48. The van der Waals surface area contributed by atoms with Crippen LogP contribution in [0.15, 0.2) is 24.3 Å². The Hall–Kier alpha value is -1.15. The molecule has 64 valence electrons. The van der Waals surface area contributed by atoms with Crippen LogP contribution in [0.5, 0.6) is 0 Å². The Morgan fingerprint density at radius 2 is 2.17 bits per heavy atom. The van der Waals surface area contributed by atoms with E-state index in [0.717, 1.165) is 23.8 Å². The van der Waals surface area contributed by atoms with E-state index in [1.165, 1.54) is 0 Å². The van der Waals surface area contributed by atoms with E-state index in [-0.39, 0.29) is 0 Å². The fourth-order valence-corrected chi connectivity index (χ4v) is 1.09. The standard InChI is InChI=1S/C10H12O2/c1-12-7-6-9-4-2-3-5-10(9)8-11/h2-5,8H,6-7H2,1H3. The van der Waals surface area contributed by atoms with Crippen LogP contribution in [-0.4, -0.2) is 20.0 Å². The van der Waals surface area contributed by atoms with Gasteiger partial charge in [0.2, 0.25) is 0 Å². The van der Waals surface area contributed by atoms with Gasteiger partial charge in [0.15, 0.2) is 0 Å². The number of carbonyl (C=O) groups is 1. The molecule has 0 aliphatic carbocycles. The third-order valence-electron chi connectivity index (χ3n) is 1.76. The lowest BCUT2D eigenvalue weighted by Gasteiger charge is -2.02. The van der Waals surface area contributed by atoms with Crippen molar-refractivity contribution in [2.75, 3.05) is 13.7 Å². The minimum Gasteiger partial charge on any atom is -0.384 e. The van der Waals surface area contributed by atoms with Gasteiger partial charge in [-0.1, -0.05) is 24.3 Å². The second-order valence-corrected chi connectivity index (χ2v) is 2.56. The molecule has 2 nitrogen and oxygen atoms in total. The van der Waals surface area contributed by atoms with Crippen molar-refractivity contribution in [3.63, 3.8) is 0 Å². The van der Waals surface area contributed by atoms with Crippen LogP contribution in [0.2, 0.25) is 0 Å². The van der Waals surface area contributed by atoms with E-state index in [1.807, 2.05) is 24.3 Å². The quantitative estimate of drug-likeness (QED) is 0.633. The summed E-state index contributed by atoms with van der Waals surface area (Å²) in [5.41, 5.74) is 1.81. The van der Waals surface area contributed by atoms with Crippen molar-refractivity contribution in [3.8, 4) is 0 Å². The number of hydrogen-bond donors (Lipinski definition) is 0. The van der Waals surface area contributed by atoms with Crippen LogP contribution in [0, 0.1) is 0 Å². The molecule has 12 heavy (non-hydrogen) atoms. The molecule has 0 saturated carbocycles. The third-order valence-corrected chi connectivity index (χ3v) is 1.76. The number of rotatable bonds is 4. The summed E-state index contributed by atoms with van der Waals surface area (Å²) in [6.45, 7) is 0.658. The molecule has 2 heteroatoms. The van der Waals surface area contributed by atoms with E-state index >= 15 is 0 Å². The highest BCUT2D eigenvalue weighted by Gasteiger charge is 1.98. The first kappa shape index (κ1) is 8.94. The van der Waals surface area contributed by atoms with Gasteiger partial charge >= 0.3 is 0 Å². The van der Waals surface area contributed by atoms with Crippen LogP contribution >= 0.6 is 0 Å². The van der Waals surface area contributed by atoms with E-state index in [1.54, 1.807) is 7.11 Å². The summed E-state index contributed by atoms with van der Waals surface area (Å²) in [7, 11) is 1.66. The summed E-state index contributed by atoms with van der Waals surface area (Å²) in [5, 5.41) is 0. The van der Waals surface area contributed by atoms with Crippen molar-refractivity contribution in [1.29, 1.82) is 0 Å². The highest BCUT2D eigenvalue weighted by Crippen LogP contribution is 2.06. The highest BCUT2D eigenvalue weighted by molar-refractivity contribution is 5.77. The Morgan fingerprint density at radius 1 is 1.42 bits per heavy atom. The zero-order chi connectivity index (χ0) is 8.81. The maximum absolute atomic E-state index is 10.5. The van der Waals surface area contributed by atoms with Crippen LogP contribution in [0.25, 0.3) is 0 Å². The Balaban J connectivity index is 2.75. The molecule has 0 spiro atoms. The second kappa shape index (κ2) is 4.67. The van der Waals surface area contributed by atoms with Gasteiger partial charge in [-0.3, -0.25) is 4.79 Å². The molecule has 0 bridgehead atoms. The van der Waals surface area contributed by atoms with Gasteiger partial charge in [-0.25, -0.2) is 0 Å². The normalized spacial score (nSPS) is 9.75. The molecule has 0 fully saturated rings. The van der Waals surface area contributed by atoms with Crippen molar-refractivity contribution < 1.29 is 9.53 Å². The fourth-order valence-electron chi connectivity index (χ4n) is 1.09. The largest absolute Gasteiger partial charge is 0.384 e. The Labute approximate surface area is 72.2 Å². The summed E-state index contributed by atoms with van der Waals surface area (Å²) in [6.07, 6.45) is 1.68. The number of hydrogen-bond acceptors (Lipinski definition) is 2. The SMILES string of the molecule is COCCc1ccccc1C=O. The van der Waals surface area contributed by atoms with Gasteiger partial charge in [-0.05, 0) is 12.0 Å². The number of methoxy groups -OCH3 is 1. The summed E-state index contributed by atoms with van der Waals surface area (Å²) in [4.78, 5) is 10.5. The minimum absolute atomic E-state index is 0.658. The second-order valence-electron chi connectivity index (χ2n) is 2.56. The molecular formula is C10H12O2. The molecule has 0 unspecified atom stereocenters. The number of aldehydes is 1. The van der Waals surface area contributed by atoms with E-state index < -0.39 is 0 Å². The van der Waals surface area contributed by atoms with Crippen molar-refractivity contribution >= 4 is 6.29 Å². The van der Waals surface area contributed by atoms with Gasteiger partial charge in [-0.2, -0.15) is 0 Å². The number of ether oxygens (including phenoxy) is 1. The predicted molar refractivity (Wildman–Crippen MR) is 47.4 cm³/mol. The first-order chi connectivity index (χ1) is 5.88. The topological polar surface area (TPSA) is 26.3 Å². The highest BCUT2D eigenvalue weighted by atomic mass is 16.5. The molecule has 0 aromatic heterocycles. The molecule has 0 aliphatic heterocycles. The van der Waals surface area contributed by atoms with Crippen molar-refractivity contribution in [2.24, 2.45) is 0 Å². The molecule has 0 aliphatic rings. The maximum Gasteiger partial charge on any atom is 0.150 e. The summed E-state index contributed by atoms with van der Waals surface area (Å²) < 4.78 is 4.93. The average Bonchev–Trinajstić information content (AvgIpc) is 2.15. The van der Waals surface area contributed by atoms with Gasteiger partial charge in [0.05, 0.1) is 6.61 Å². The molecule has 0 heterocycles. The zero-order valence-corrected chi connectivity index (χ0v) is 7.12. The molecule has 1 aromatic rings. The smallest absolute Gasteiger partial charge is 0.150 e. The molecule has 0 N–H and O–H groups in total. The van der Waals surface area contributed by atoms with Crippen molar-refractivity contribution in [2.45, 2.75) is 6.42 Å². The molecule has 0 saturated heterocycles.